The molecule has 0 radical (unpaired) electrons. The third-order valence-corrected chi connectivity index (χ3v) is 3.88. The van der Waals surface area contributed by atoms with Crippen LogP contribution in [0.25, 0.3) is 0 Å². The van der Waals surface area contributed by atoms with Crippen LogP contribution < -0.4 is 0 Å². The van der Waals surface area contributed by atoms with E-state index in [9.17, 15) is 0 Å². The number of nitrogens with zero attached hydrogens (tertiary/aromatic N) is 2. The molecule has 0 unspecified atom stereocenters. The van der Waals surface area contributed by atoms with E-state index in [0.717, 1.165) is 38.6 Å². The fourth-order valence-corrected chi connectivity index (χ4v) is 2.75. The molecule has 1 aliphatic carbocycles. The van der Waals surface area contributed by atoms with Gasteiger partial charge in [-0.3, -0.25) is 4.98 Å². The lowest BCUT2D eigenvalue weighted by atomic mass is 9.90. The molecule has 0 spiro atoms. The molecule has 1 aromatic heterocycles. The number of pyridine rings is 1. The number of fused-ring (bicyclic) bond motifs is 1. The standard InChI is InChI=1S/C15H24N2O/c1-3-4-13-6-5-12-11-14(17(2)9-10-18)7-8-15(12)16-13/h5-6,14,18H,3-4,7-11H2,1-2H3/t14-/m1/s1. The zero-order chi connectivity index (χ0) is 13.0. The van der Waals surface area contributed by atoms with Crippen LogP contribution in [0.3, 0.4) is 0 Å². The predicted molar refractivity (Wildman–Crippen MR) is 73.8 cm³/mol. The van der Waals surface area contributed by atoms with Crippen LogP contribution in [-0.4, -0.2) is 41.2 Å². The number of aliphatic hydroxyl groups is 1. The lowest BCUT2D eigenvalue weighted by Gasteiger charge is -2.31. The van der Waals surface area contributed by atoms with Gasteiger partial charge in [-0.25, -0.2) is 0 Å². The van der Waals surface area contributed by atoms with E-state index < -0.39 is 0 Å². The van der Waals surface area contributed by atoms with E-state index in [1.165, 1.54) is 17.0 Å². The normalized spacial score (nSPS) is 19.0. The Hall–Kier alpha value is -0.930. The number of aromatic nitrogens is 1. The van der Waals surface area contributed by atoms with E-state index in [0.29, 0.717) is 6.04 Å². The topological polar surface area (TPSA) is 36.4 Å². The highest BCUT2D eigenvalue weighted by molar-refractivity contribution is 5.27. The van der Waals surface area contributed by atoms with Crippen LogP contribution in [0.1, 0.15) is 36.7 Å². The first-order valence-electron chi connectivity index (χ1n) is 7.03. The Morgan fingerprint density at radius 2 is 2.28 bits per heavy atom. The minimum atomic E-state index is 0.244. The van der Waals surface area contributed by atoms with Crippen LogP contribution in [0.5, 0.6) is 0 Å². The van der Waals surface area contributed by atoms with E-state index in [1.54, 1.807) is 0 Å². The quantitative estimate of drug-likeness (QED) is 0.863. The molecule has 0 bridgehead atoms. The van der Waals surface area contributed by atoms with Crippen molar-refractivity contribution in [1.29, 1.82) is 0 Å². The minimum Gasteiger partial charge on any atom is -0.395 e. The van der Waals surface area contributed by atoms with E-state index in [-0.39, 0.29) is 6.61 Å². The monoisotopic (exact) mass is 248 g/mol. The van der Waals surface area contributed by atoms with E-state index >= 15 is 0 Å². The molecule has 0 saturated carbocycles. The second kappa shape index (κ2) is 6.30. The molecule has 100 valence electrons. The van der Waals surface area contributed by atoms with E-state index in [1.807, 2.05) is 0 Å². The summed E-state index contributed by atoms with van der Waals surface area (Å²) in [6.07, 6.45) is 5.55. The number of aryl methyl sites for hydroxylation is 2. The van der Waals surface area contributed by atoms with Gasteiger partial charge in [0.15, 0.2) is 0 Å². The summed E-state index contributed by atoms with van der Waals surface area (Å²) in [5, 5.41) is 9.00. The summed E-state index contributed by atoms with van der Waals surface area (Å²) in [4.78, 5) is 7.04. The first kappa shape index (κ1) is 13.5. The highest BCUT2D eigenvalue weighted by atomic mass is 16.3. The van der Waals surface area contributed by atoms with Crippen LogP contribution in [-0.2, 0) is 19.3 Å². The second-order valence-corrected chi connectivity index (χ2v) is 5.26. The molecule has 18 heavy (non-hydrogen) atoms. The van der Waals surface area contributed by atoms with Gasteiger partial charge in [-0.05, 0) is 44.4 Å². The SMILES string of the molecule is CCCc1ccc2c(n1)CC[C@@H](N(C)CCO)C2. The minimum absolute atomic E-state index is 0.244. The van der Waals surface area contributed by atoms with Gasteiger partial charge in [0.25, 0.3) is 0 Å². The van der Waals surface area contributed by atoms with Crippen molar-refractivity contribution in [3.05, 3.63) is 29.1 Å². The Morgan fingerprint density at radius 1 is 1.44 bits per heavy atom. The van der Waals surface area contributed by atoms with Crippen LogP contribution >= 0.6 is 0 Å². The average molecular weight is 248 g/mol. The summed E-state index contributed by atoms with van der Waals surface area (Å²) in [6.45, 7) is 3.20. The maximum atomic E-state index is 9.00. The molecular formula is C15H24N2O. The van der Waals surface area contributed by atoms with Crippen LogP contribution in [0, 0.1) is 0 Å². The number of likely N-dealkylation sites (N-methyl/N-ethyl adjacent to an activating group) is 1. The van der Waals surface area contributed by atoms with Gasteiger partial charge in [-0.2, -0.15) is 0 Å². The fraction of sp³-hybridized carbons (Fsp3) is 0.667. The number of aliphatic hydroxyl groups excluding tert-OH is 1. The van der Waals surface area contributed by atoms with Crippen LogP contribution in [0.4, 0.5) is 0 Å². The molecule has 0 amide bonds. The summed E-state index contributed by atoms with van der Waals surface area (Å²) in [6, 6.07) is 4.99. The molecule has 0 aliphatic heterocycles. The maximum absolute atomic E-state index is 9.00. The van der Waals surface area contributed by atoms with Crippen molar-refractivity contribution < 1.29 is 5.11 Å². The summed E-state index contributed by atoms with van der Waals surface area (Å²) in [5.74, 6) is 0. The van der Waals surface area contributed by atoms with Gasteiger partial charge in [0.05, 0.1) is 6.61 Å². The van der Waals surface area contributed by atoms with Gasteiger partial charge in [0.2, 0.25) is 0 Å². The molecule has 1 N–H and O–H groups in total. The summed E-state index contributed by atoms with van der Waals surface area (Å²) in [5.41, 5.74) is 3.93. The molecule has 1 atom stereocenters. The third-order valence-electron chi connectivity index (χ3n) is 3.88. The Kier molecular flexibility index (Phi) is 4.72. The highest BCUT2D eigenvalue weighted by Crippen LogP contribution is 2.23. The van der Waals surface area contributed by atoms with E-state index in [4.69, 9.17) is 10.1 Å². The molecule has 0 fully saturated rings. The zero-order valence-electron chi connectivity index (χ0n) is 11.5. The van der Waals surface area contributed by atoms with Crippen molar-refractivity contribution in [2.75, 3.05) is 20.2 Å². The van der Waals surface area contributed by atoms with E-state index in [2.05, 4.69) is 31.0 Å². The number of hydrogen-bond donors (Lipinski definition) is 1. The molecule has 2 rings (SSSR count). The van der Waals surface area contributed by atoms with Crippen molar-refractivity contribution in [2.24, 2.45) is 0 Å². The summed E-state index contributed by atoms with van der Waals surface area (Å²) >= 11 is 0. The molecule has 1 heterocycles. The Bertz CT molecular complexity index is 392. The molecule has 0 aromatic carbocycles. The smallest absolute Gasteiger partial charge is 0.0558 e. The van der Waals surface area contributed by atoms with Crippen molar-refractivity contribution in [3.8, 4) is 0 Å². The molecule has 1 aliphatic rings. The number of rotatable bonds is 5. The van der Waals surface area contributed by atoms with Crippen molar-refractivity contribution in [1.82, 2.24) is 9.88 Å². The maximum Gasteiger partial charge on any atom is 0.0558 e. The largest absolute Gasteiger partial charge is 0.395 e. The Balaban J connectivity index is 2.06. The Morgan fingerprint density at radius 3 is 3.00 bits per heavy atom. The molecule has 3 heteroatoms. The molecular weight excluding hydrogens is 224 g/mol. The molecule has 3 nitrogen and oxygen atoms in total. The van der Waals surface area contributed by atoms with Gasteiger partial charge < -0.3 is 10.0 Å². The van der Waals surface area contributed by atoms with Gasteiger partial charge in [-0.15, -0.1) is 0 Å². The van der Waals surface area contributed by atoms with Crippen LogP contribution in [0.2, 0.25) is 0 Å². The lowest BCUT2D eigenvalue weighted by molar-refractivity contribution is 0.169. The van der Waals surface area contributed by atoms with Crippen molar-refractivity contribution >= 4 is 0 Å². The van der Waals surface area contributed by atoms with Gasteiger partial charge in [-0.1, -0.05) is 19.4 Å². The Labute approximate surface area is 110 Å². The van der Waals surface area contributed by atoms with Crippen molar-refractivity contribution in [3.63, 3.8) is 0 Å². The zero-order valence-corrected chi connectivity index (χ0v) is 11.5. The van der Waals surface area contributed by atoms with Crippen LogP contribution in [0.15, 0.2) is 12.1 Å². The van der Waals surface area contributed by atoms with Crippen molar-refractivity contribution in [2.45, 2.75) is 45.1 Å². The van der Waals surface area contributed by atoms with Gasteiger partial charge in [0, 0.05) is 24.0 Å². The highest BCUT2D eigenvalue weighted by Gasteiger charge is 2.22. The average Bonchev–Trinajstić information content (AvgIpc) is 2.39. The van der Waals surface area contributed by atoms with Gasteiger partial charge >= 0.3 is 0 Å². The number of hydrogen-bond acceptors (Lipinski definition) is 3. The molecule has 1 aromatic rings. The predicted octanol–water partition coefficient (Wildman–Crippen LogP) is 1.82. The van der Waals surface area contributed by atoms with Gasteiger partial charge in [0.1, 0.15) is 0 Å². The summed E-state index contributed by atoms with van der Waals surface area (Å²) < 4.78 is 0. The lowest BCUT2D eigenvalue weighted by Crippen LogP contribution is -2.38. The third kappa shape index (κ3) is 3.09. The second-order valence-electron chi connectivity index (χ2n) is 5.26. The first-order valence-corrected chi connectivity index (χ1v) is 7.03. The molecule has 0 saturated heterocycles. The first-order chi connectivity index (χ1) is 8.74. The summed E-state index contributed by atoms with van der Waals surface area (Å²) in [7, 11) is 2.10. The fourth-order valence-electron chi connectivity index (χ4n) is 2.75.